The van der Waals surface area contributed by atoms with E-state index in [0.29, 0.717) is 0 Å². The first kappa shape index (κ1) is 5.47. The van der Waals surface area contributed by atoms with Crippen LogP contribution in [-0.2, 0) is 0 Å². The Morgan fingerprint density at radius 3 is 3.30 bits per heavy atom. The van der Waals surface area contributed by atoms with Crippen LogP contribution in [0.5, 0.6) is 0 Å². The van der Waals surface area contributed by atoms with Gasteiger partial charge in [-0.05, 0) is 12.2 Å². The molecule has 0 fully saturated rings. The molecule has 0 saturated heterocycles. The zero-order valence-corrected chi connectivity index (χ0v) is 5.57. The van der Waals surface area contributed by atoms with Crippen molar-refractivity contribution >= 4 is 6.21 Å². The lowest BCUT2D eigenvalue weighted by molar-refractivity contribution is 0.555. The van der Waals surface area contributed by atoms with Crippen molar-refractivity contribution in [2.75, 3.05) is 6.54 Å². The van der Waals surface area contributed by atoms with Crippen LogP contribution < -0.4 is 0 Å². The summed E-state index contributed by atoms with van der Waals surface area (Å²) in [6.07, 6.45) is 12.0. The van der Waals surface area contributed by atoms with E-state index in [4.69, 9.17) is 0 Å². The Bertz CT molecular complexity index is 246. The average Bonchev–Trinajstić information content (AvgIpc) is 2.28. The molecule has 10 heavy (non-hydrogen) atoms. The molecule has 50 valence electrons. The number of hydrogen-bond acceptors (Lipinski definition) is 2. The van der Waals surface area contributed by atoms with Gasteiger partial charge in [-0.3, -0.25) is 0 Å². The largest absolute Gasteiger partial charge is 0.328 e. The zero-order valence-electron chi connectivity index (χ0n) is 5.57. The van der Waals surface area contributed by atoms with E-state index < -0.39 is 0 Å². The third-order valence-electron chi connectivity index (χ3n) is 1.53. The van der Waals surface area contributed by atoms with Gasteiger partial charge in [0.25, 0.3) is 0 Å². The summed E-state index contributed by atoms with van der Waals surface area (Å²) in [6, 6.07) is 0. The molecule has 2 aliphatic heterocycles. The number of hydrogen-bond donors (Lipinski definition) is 0. The summed E-state index contributed by atoms with van der Waals surface area (Å²) in [5, 5.41) is 0. The third-order valence-corrected chi connectivity index (χ3v) is 1.53. The molecular formula is C8H8N2. The van der Waals surface area contributed by atoms with Gasteiger partial charge in [0.2, 0.25) is 0 Å². The van der Waals surface area contributed by atoms with Crippen molar-refractivity contribution in [2.24, 2.45) is 4.99 Å². The molecule has 0 aromatic carbocycles. The first-order valence-corrected chi connectivity index (χ1v) is 3.31. The second-order valence-electron chi connectivity index (χ2n) is 2.22. The quantitative estimate of drug-likeness (QED) is 0.485. The van der Waals surface area contributed by atoms with E-state index >= 15 is 0 Å². The second-order valence-corrected chi connectivity index (χ2v) is 2.22. The number of nitrogens with zero attached hydrogens (tertiary/aromatic N) is 2. The lowest BCUT2D eigenvalue weighted by Gasteiger charge is -2.09. The molecular weight excluding hydrogens is 124 g/mol. The van der Waals surface area contributed by atoms with Crippen molar-refractivity contribution in [1.82, 2.24) is 4.90 Å². The van der Waals surface area contributed by atoms with Crippen LogP contribution in [0, 0.1) is 0 Å². The first-order valence-electron chi connectivity index (χ1n) is 3.31. The highest BCUT2D eigenvalue weighted by atomic mass is 15.2. The summed E-state index contributed by atoms with van der Waals surface area (Å²) in [6.45, 7) is 0.907. The minimum atomic E-state index is 0.907. The molecule has 2 heterocycles. The minimum absolute atomic E-state index is 0.907. The van der Waals surface area contributed by atoms with Gasteiger partial charge >= 0.3 is 0 Å². The molecule has 2 nitrogen and oxygen atoms in total. The highest BCUT2D eigenvalue weighted by Gasteiger charge is 2.08. The van der Waals surface area contributed by atoms with Gasteiger partial charge in [-0.2, -0.15) is 0 Å². The fourth-order valence-electron chi connectivity index (χ4n) is 1.03. The van der Waals surface area contributed by atoms with Crippen LogP contribution in [0.2, 0.25) is 0 Å². The van der Waals surface area contributed by atoms with Crippen LogP contribution in [0.4, 0.5) is 0 Å². The van der Waals surface area contributed by atoms with Crippen molar-refractivity contribution in [1.29, 1.82) is 0 Å². The van der Waals surface area contributed by atoms with E-state index in [1.54, 1.807) is 0 Å². The predicted octanol–water partition coefficient (Wildman–Crippen LogP) is 1.30. The molecule has 0 unspecified atom stereocenters. The predicted molar refractivity (Wildman–Crippen MR) is 41.6 cm³/mol. The Morgan fingerprint density at radius 1 is 1.30 bits per heavy atom. The monoisotopic (exact) mass is 132 g/mol. The molecule has 0 aliphatic carbocycles. The SMILES string of the molecule is C1=CC=C2N=CCN2C=C1. The Labute approximate surface area is 59.9 Å². The van der Waals surface area contributed by atoms with Crippen molar-refractivity contribution in [3.05, 3.63) is 36.3 Å². The molecule has 0 atom stereocenters. The molecule has 2 heteroatoms. The first-order chi connectivity index (χ1) is 4.97. The molecule has 0 saturated carbocycles. The molecule has 0 bridgehead atoms. The van der Waals surface area contributed by atoms with Gasteiger partial charge in [0.1, 0.15) is 5.82 Å². The van der Waals surface area contributed by atoms with Gasteiger partial charge < -0.3 is 4.90 Å². The fourth-order valence-corrected chi connectivity index (χ4v) is 1.03. The summed E-state index contributed by atoms with van der Waals surface area (Å²) < 4.78 is 0. The van der Waals surface area contributed by atoms with Gasteiger partial charge in [-0.25, -0.2) is 4.99 Å². The smallest absolute Gasteiger partial charge is 0.132 e. The molecule has 0 radical (unpaired) electrons. The van der Waals surface area contributed by atoms with Crippen LogP contribution in [0.3, 0.4) is 0 Å². The number of fused-ring (bicyclic) bond motifs is 1. The lowest BCUT2D eigenvalue weighted by atomic mass is 10.5. The van der Waals surface area contributed by atoms with Crippen molar-refractivity contribution < 1.29 is 0 Å². The number of rotatable bonds is 0. The van der Waals surface area contributed by atoms with E-state index in [0.717, 1.165) is 12.4 Å². The number of aliphatic imine (C=N–C) groups is 1. The molecule has 0 N–H and O–H groups in total. The van der Waals surface area contributed by atoms with Crippen molar-refractivity contribution in [3.8, 4) is 0 Å². The summed E-state index contributed by atoms with van der Waals surface area (Å²) in [4.78, 5) is 6.27. The van der Waals surface area contributed by atoms with Gasteiger partial charge in [0, 0.05) is 12.4 Å². The van der Waals surface area contributed by atoms with E-state index in [1.807, 2.05) is 36.7 Å². The van der Waals surface area contributed by atoms with Crippen molar-refractivity contribution in [2.45, 2.75) is 0 Å². The molecule has 0 amide bonds. The van der Waals surface area contributed by atoms with Crippen LogP contribution in [0.25, 0.3) is 0 Å². The Morgan fingerprint density at radius 2 is 2.30 bits per heavy atom. The number of allylic oxidation sites excluding steroid dienone is 4. The molecule has 0 spiro atoms. The van der Waals surface area contributed by atoms with E-state index in [2.05, 4.69) is 9.89 Å². The molecule has 0 aromatic rings. The summed E-state index contributed by atoms with van der Waals surface area (Å²) in [5.74, 6) is 1.03. The molecule has 2 rings (SSSR count). The normalized spacial score (nSPS) is 20.8. The highest BCUT2D eigenvalue weighted by Crippen LogP contribution is 2.13. The van der Waals surface area contributed by atoms with Crippen molar-refractivity contribution in [3.63, 3.8) is 0 Å². The van der Waals surface area contributed by atoms with Gasteiger partial charge in [-0.1, -0.05) is 12.2 Å². The van der Waals surface area contributed by atoms with Gasteiger partial charge in [0.05, 0.1) is 6.54 Å². The second kappa shape index (κ2) is 2.14. The van der Waals surface area contributed by atoms with E-state index in [1.165, 1.54) is 0 Å². The van der Waals surface area contributed by atoms with Gasteiger partial charge in [-0.15, -0.1) is 0 Å². The van der Waals surface area contributed by atoms with E-state index in [-0.39, 0.29) is 0 Å². The standard InChI is InChI=1S/C8H8N2/c1-2-4-8-9-5-7-10(8)6-3-1/h1-6H,7H2. The topological polar surface area (TPSA) is 15.6 Å². The average molecular weight is 132 g/mol. The van der Waals surface area contributed by atoms with Gasteiger partial charge in [0.15, 0.2) is 0 Å². The summed E-state index contributed by atoms with van der Waals surface area (Å²) >= 11 is 0. The molecule has 0 aromatic heterocycles. The lowest BCUT2D eigenvalue weighted by Crippen LogP contribution is -2.10. The zero-order chi connectivity index (χ0) is 6.81. The minimum Gasteiger partial charge on any atom is -0.328 e. The van der Waals surface area contributed by atoms with Crippen LogP contribution in [-0.4, -0.2) is 17.7 Å². The fraction of sp³-hybridized carbons (Fsp3) is 0.125. The third kappa shape index (κ3) is 0.778. The maximum atomic E-state index is 4.18. The van der Waals surface area contributed by atoms with Crippen LogP contribution in [0.1, 0.15) is 0 Å². The van der Waals surface area contributed by atoms with Crippen LogP contribution >= 0.6 is 0 Å². The Kier molecular flexibility index (Phi) is 1.17. The Hall–Kier alpha value is -1.31. The summed E-state index contributed by atoms with van der Waals surface area (Å²) in [7, 11) is 0. The maximum absolute atomic E-state index is 4.18. The summed E-state index contributed by atoms with van der Waals surface area (Å²) in [5.41, 5.74) is 0. The molecule has 2 aliphatic rings. The highest BCUT2D eigenvalue weighted by molar-refractivity contribution is 5.65. The van der Waals surface area contributed by atoms with Crippen LogP contribution in [0.15, 0.2) is 41.3 Å². The van der Waals surface area contributed by atoms with E-state index in [9.17, 15) is 0 Å². The Balaban J connectivity index is 2.36. The maximum Gasteiger partial charge on any atom is 0.132 e.